The Morgan fingerprint density at radius 1 is 1.19 bits per heavy atom. The van der Waals surface area contributed by atoms with E-state index in [1.165, 1.54) is 37.4 Å². The number of amides is 1. The summed E-state index contributed by atoms with van der Waals surface area (Å²) in [7, 11) is 1.69. The average molecular weight is 370 g/mol. The van der Waals surface area contributed by atoms with E-state index in [1.807, 2.05) is 0 Å². The van der Waals surface area contributed by atoms with Crippen molar-refractivity contribution in [3.63, 3.8) is 0 Å². The molecule has 0 radical (unpaired) electrons. The summed E-state index contributed by atoms with van der Waals surface area (Å²) in [5.41, 5.74) is 2.10. The Morgan fingerprint density at radius 2 is 1.85 bits per heavy atom. The first-order valence-corrected chi connectivity index (χ1v) is 10.4. The lowest BCUT2D eigenvalue weighted by Crippen LogP contribution is -2.46. The molecule has 27 heavy (non-hydrogen) atoms. The molecule has 0 bridgehead atoms. The Bertz CT molecular complexity index is 675. The molecule has 146 valence electrons. The highest BCUT2D eigenvalue weighted by Gasteiger charge is 2.38. The van der Waals surface area contributed by atoms with Crippen LogP contribution in [0.4, 0.5) is 0 Å². The predicted molar refractivity (Wildman–Crippen MR) is 107 cm³/mol. The van der Waals surface area contributed by atoms with Crippen LogP contribution in [0.15, 0.2) is 29.4 Å². The van der Waals surface area contributed by atoms with E-state index in [9.17, 15) is 4.79 Å². The lowest BCUT2D eigenvalue weighted by Gasteiger charge is -2.41. The zero-order valence-corrected chi connectivity index (χ0v) is 16.5. The van der Waals surface area contributed by atoms with E-state index in [-0.39, 0.29) is 0 Å². The summed E-state index contributed by atoms with van der Waals surface area (Å²) in [5, 5.41) is 5.86. The van der Waals surface area contributed by atoms with Crippen molar-refractivity contribution in [3.05, 3.63) is 29.8 Å². The maximum absolute atomic E-state index is 11.0. The summed E-state index contributed by atoms with van der Waals surface area (Å²) in [5.74, 6) is 2.03. The van der Waals surface area contributed by atoms with Crippen LogP contribution in [0, 0.1) is 11.8 Å². The van der Waals surface area contributed by atoms with E-state index in [0.717, 1.165) is 48.7 Å². The van der Waals surface area contributed by atoms with Crippen LogP contribution >= 0.6 is 0 Å². The first-order valence-electron chi connectivity index (χ1n) is 10.4. The monoisotopic (exact) mass is 369 g/mol. The molecule has 5 heteroatoms. The molecular formula is C22H31N3O2. The van der Waals surface area contributed by atoms with Crippen LogP contribution in [0.3, 0.4) is 0 Å². The second-order valence-electron chi connectivity index (χ2n) is 8.45. The van der Waals surface area contributed by atoms with Crippen molar-refractivity contribution >= 4 is 12.1 Å². The quantitative estimate of drug-likeness (QED) is 0.420. The molecular weight excluding hydrogens is 338 g/mol. The third-order valence-corrected chi connectivity index (χ3v) is 6.40. The molecule has 5 nitrogen and oxygen atoms in total. The largest absolute Gasteiger partial charge is 0.490 e. The van der Waals surface area contributed by atoms with Gasteiger partial charge in [-0.1, -0.05) is 13.3 Å². The van der Waals surface area contributed by atoms with Gasteiger partial charge in [0.1, 0.15) is 11.9 Å². The zero-order chi connectivity index (χ0) is 18.8. The standard InChI is InChI=1S/C22H31N3O2/c1-16-14-21(16)22(23-24(2)15-26)17-6-8-19(9-7-17)27-20-10-12-25(13-11-20)18-4-3-5-18/h6-9,15-16,18,20-21H,3-5,10-14H2,1-2H3/b23-22-. The maximum atomic E-state index is 11.0. The molecule has 2 saturated carbocycles. The van der Waals surface area contributed by atoms with Crippen LogP contribution < -0.4 is 4.74 Å². The number of carbonyl (C=O) groups is 1. The summed E-state index contributed by atoms with van der Waals surface area (Å²) < 4.78 is 6.24. The molecule has 1 aromatic carbocycles. The Hall–Kier alpha value is -1.88. The number of hydrogen-bond acceptors (Lipinski definition) is 4. The van der Waals surface area contributed by atoms with Crippen molar-refractivity contribution in [1.29, 1.82) is 0 Å². The SMILES string of the molecule is CC1CC1/C(=N\N(C)C=O)c1ccc(OC2CCN(C3CCC3)CC2)cc1. The van der Waals surface area contributed by atoms with Gasteiger partial charge in [-0.15, -0.1) is 0 Å². The fourth-order valence-electron chi connectivity index (χ4n) is 4.25. The predicted octanol–water partition coefficient (Wildman–Crippen LogP) is 3.53. The number of benzene rings is 1. The molecule has 2 unspecified atom stereocenters. The number of carbonyl (C=O) groups excluding carboxylic acids is 1. The Labute approximate surface area is 162 Å². The number of rotatable bonds is 7. The average Bonchev–Trinajstić information content (AvgIpc) is 3.37. The van der Waals surface area contributed by atoms with Gasteiger partial charge in [0.05, 0.1) is 5.71 Å². The molecule has 2 aliphatic carbocycles. The first-order chi connectivity index (χ1) is 13.1. The van der Waals surface area contributed by atoms with Gasteiger partial charge >= 0.3 is 0 Å². The normalized spacial score (nSPS) is 27.1. The fraction of sp³-hybridized carbons (Fsp3) is 0.636. The maximum Gasteiger partial charge on any atom is 0.229 e. The fourth-order valence-corrected chi connectivity index (χ4v) is 4.25. The third-order valence-electron chi connectivity index (χ3n) is 6.40. The van der Waals surface area contributed by atoms with Crippen molar-refractivity contribution < 1.29 is 9.53 Å². The molecule has 2 atom stereocenters. The van der Waals surface area contributed by atoms with E-state index in [4.69, 9.17) is 4.74 Å². The zero-order valence-electron chi connectivity index (χ0n) is 16.5. The van der Waals surface area contributed by atoms with E-state index in [1.54, 1.807) is 7.05 Å². The van der Waals surface area contributed by atoms with E-state index < -0.39 is 0 Å². The number of hydrogen-bond donors (Lipinski definition) is 0. The van der Waals surface area contributed by atoms with Gasteiger partial charge in [-0.05, 0) is 67.9 Å². The van der Waals surface area contributed by atoms with Crippen LogP contribution in [-0.4, -0.2) is 54.3 Å². The second kappa shape index (κ2) is 8.01. The van der Waals surface area contributed by atoms with Gasteiger partial charge in [-0.2, -0.15) is 5.10 Å². The minimum Gasteiger partial charge on any atom is -0.490 e. The van der Waals surface area contributed by atoms with Gasteiger partial charge in [0.2, 0.25) is 6.41 Å². The van der Waals surface area contributed by atoms with Gasteiger partial charge in [0.25, 0.3) is 0 Å². The molecule has 1 heterocycles. The molecule has 3 aliphatic rings. The van der Waals surface area contributed by atoms with Crippen molar-refractivity contribution in [2.75, 3.05) is 20.1 Å². The number of likely N-dealkylation sites (tertiary alicyclic amines) is 1. The molecule has 0 aromatic heterocycles. The van der Waals surface area contributed by atoms with E-state index in [2.05, 4.69) is 41.2 Å². The smallest absolute Gasteiger partial charge is 0.229 e. The van der Waals surface area contributed by atoms with Gasteiger partial charge in [0, 0.05) is 32.1 Å². The van der Waals surface area contributed by atoms with Crippen molar-refractivity contribution in [3.8, 4) is 5.75 Å². The molecule has 1 aliphatic heterocycles. The number of ether oxygens (including phenoxy) is 1. The summed E-state index contributed by atoms with van der Waals surface area (Å²) in [6.45, 7) is 4.57. The number of hydrazone groups is 1. The minimum absolute atomic E-state index is 0.324. The van der Waals surface area contributed by atoms with E-state index >= 15 is 0 Å². The highest BCUT2D eigenvalue weighted by molar-refractivity contribution is 6.04. The number of piperidine rings is 1. The summed E-state index contributed by atoms with van der Waals surface area (Å²) in [4.78, 5) is 13.6. The third kappa shape index (κ3) is 4.34. The van der Waals surface area contributed by atoms with Gasteiger partial charge in [0.15, 0.2) is 0 Å². The molecule has 0 N–H and O–H groups in total. The van der Waals surface area contributed by atoms with Crippen LogP contribution in [-0.2, 0) is 4.79 Å². The second-order valence-corrected chi connectivity index (χ2v) is 8.45. The van der Waals surface area contributed by atoms with Crippen molar-refractivity contribution in [2.45, 2.75) is 57.6 Å². The van der Waals surface area contributed by atoms with Crippen LogP contribution in [0.5, 0.6) is 5.75 Å². The molecule has 4 rings (SSSR count). The molecule has 0 spiro atoms. The highest BCUT2D eigenvalue weighted by Crippen LogP contribution is 2.41. The first kappa shape index (κ1) is 18.5. The lowest BCUT2D eigenvalue weighted by atomic mass is 9.90. The number of nitrogens with zero attached hydrogens (tertiary/aromatic N) is 3. The van der Waals surface area contributed by atoms with Gasteiger partial charge < -0.3 is 9.64 Å². The van der Waals surface area contributed by atoms with Crippen molar-refractivity contribution in [2.24, 2.45) is 16.9 Å². The molecule has 3 fully saturated rings. The topological polar surface area (TPSA) is 45.1 Å². The molecule has 1 saturated heterocycles. The summed E-state index contributed by atoms with van der Waals surface area (Å²) >= 11 is 0. The van der Waals surface area contributed by atoms with E-state index in [0.29, 0.717) is 17.9 Å². The summed E-state index contributed by atoms with van der Waals surface area (Å²) in [6.07, 6.45) is 8.63. The Balaban J connectivity index is 1.35. The van der Waals surface area contributed by atoms with Gasteiger partial charge in [-0.3, -0.25) is 4.79 Å². The Kier molecular flexibility index (Phi) is 5.48. The van der Waals surface area contributed by atoms with Gasteiger partial charge in [-0.25, -0.2) is 5.01 Å². The van der Waals surface area contributed by atoms with Crippen LogP contribution in [0.25, 0.3) is 0 Å². The molecule has 1 amide bonds. The summed E-state index contributed by atoms with van der Waals surface area (Å²) in [6, 6.07) is 9.12. The van der Waals surface area contributed by atoms with Crippen LogP contribution in [0.1, 0.15) is 51.0 Å². The lowest BCUT2D eigenvalue weighted by molar-refractivity contribution is -0.117. The van der Waals surface area contributed by atoms with Crippen LogP contribution in [0.2, 0.25) is 0 Å². The van der Waals surface area contributed by atoms with Crippen molar-refractivity contribution in [1.82, 2.24) is 9.91 Å². The minimum atomic E-state index is 0.324. The molecule has 1 aromatic rings. The highest BCUT2D eigenvalue weighted by atomic mass is 16.5. The Morgan fingerprint density at radius 3 is 2.37 bits per heavy atom.